The SMILES string of the molecule is CCOc1cc(NC(=NC)NCC(c2ccc(C)cc2)N2CCOCC2)ccc1OC. The average Bonchev–Trinajstić information content (AvgIpc) is 2.80. The molecule has 0 aromatic heterocycles. The van der Waals surface area contributed by atoms with Gasteiger partial charge in [-0.3, -0.25) is 9.89 Å². The molecule has 31 heavy (non-hydrogen) atoms. The molecule has 1 unspecified atom stereocenters. The Bertz CT molecular complexity index is 848. The van der Waals surface area contributed by atoms with Crippen molar-refractivity contribution in [2.75, 3.05) is 58.9 Å². The van der Waals surface area contributed by atoms with E-state index in [1.54, 1.807) is 14.2 Å². The fourth-order valence-corrected chi connectivity index (χ4v) is 3.67. The van der Waals surface area contributed by atoms with Gasteiger partial charge < -0.3 is 24.8 Å². The molecule has 3 rings (SSSR count). The molecule has 0 spiro atoms. The number of aryl methyl sites for hydroxylation is 1. The maximum atomic E-state index is 5.68. The Morgan fingerprint density at radius 2 is 1.87 bits per heavy atom. The molecule has 2 aromatic carbocycles. The Morgan fingerprint density at radius 3 is 2.52 bits per heavy atom. The fourth-order valence-electron chi connectivity index (χ4n) is 3.67. The summed E-state index contributed by atoms with van der Waals surface area (Å²) >= 11 is 0. The monoisotopic (exact) mass is 426 g/mol. The third-order valence-electron chi connectivity index (χ3n) is 5.36. The zero-order valence-corrected chi connectivity index (χ0v) is 19.0. The standard InChI is InChI=1S/C24H34N4O3/c1-5-31-23-16-20(10-11-22(23)29-4)27-24(25-3)26-17-21(28-12-14-30-15-13-28)19-8-6-18(2)7-9-19/h6-11,16,21H,5,12-15,17H2,1-4H3,(H2,25,26,27). The zero-order valence-electron chi connectivity index (χ0n) is 19.0. The molecule has 0 bridgehead atoms. The summed E-state index contributed by atoms with van der Waals surface area (Å²) in [7, 11) is 3.42. The lowest BCUT2D eigenvalue weighted by molar-refractivity contribution is 0.0170. The van der Waals surface area contributed by atoms with Crippen molar-refractivity contribution >= 4 is 11.6 Å². The van der Waals surface area contributed by atoms with Gasteiger partial charge in [-0.05, 0) is 31.5 Å². The van der Waals surface area contributed by atoms with Crippen LogP contribution in [-0.4, -0.2) is 64.5 Å². The van der Waals surface area contributed by atoms with E-state index in [0.29, 0.717) is 24.1 Å². The summed E-state index contributed by atoms with van der Waals surface area (Å²) in [6.45, 7) is 8.75. The highest BCUT2D eigenvalue weighted by Crippen LogP contribution is 2.30. The van der Waals surface area contributed by atoms with Crippen molar-refractivity contribution < 1.29 is 14.2 Å². The molecule has 0 radical (unpaired) electrons. The highest BCUT2D eigenvalue weighted by atomic mass is 16.5. The molecule has 1 saturated heterocycles. The maximum absolute atomic E-state index is 5.68. The van der Waals surface area contributed by atoms with Crippen LogP contribution in [0.1, 0.15) is 24.1 Å². The zero-order chi connectivity index (χ0) is 22.1. The molecule has 1 aliphatic rings. The summed E-state index contributed by atoms with van der Waals surface area (Å²) in [5.74, 6) is 2.12. The smallest absolute Gasteiger partial charge is 0.195 e. The van der Waals surface area contributed by atoms with Crippen molar-refractivity contribution in [3.63, 3.8) is 0 Å². The molecule has 1 fully saturated rings. The van der Waals surface area contributed by atoms with Gasteiger partial charge in [0.25, 0.3) is 0 Å². The quantitative estimate of drug-likeness (QED) is 0.498. The largest absolute Gasteiger partial charge is 0.493 e. The first-order valence-electron chi connectivity index (χ1n) is 10.8. The Labute approximate surface area is 185 Å². The van der Waals surface area contributed by atoms with E-state index in [0.717, 1.165) is 38.5 Å². The van der Waals surface area contributed by atoms with Crippen LogP contribution >= 0.6 is 0 Å². The number of nitrogens with one attached hydrogen (secondary N) is 2. The fraction of sp³-hybridized carbons (Fsp3) is 0.458. The molecule has 2 aromatic rings. The van der Waals surface area contributed by atoms with Crippen LogP contribution in [0.5, 0.6) is 11.5 Å². The molecular formula is C24H34N4O3. The molecule has 1 atom stereocenters. The van der Waals surface area contributed by atoms with Gasteiger partial charge in [-0.1, -0.05) is 29.8 Å². The molecule has 0 saturated carbocycles. The summed E-state index contributed by atoms with van der Waals surface area (Å²) in [6.07, 6.45) is 0. The van der Waals surface area contributed by atoms with Gasteiger partial charge in [0.1, 0.15) is 0 Å². The van der Waals surface area contributed by atoms with E-state index in [1.807, 2.05) is 25.1 Å². The van der Waals surface area contributed by atoms with Gasteiger partial charge in [0.05, 0.1) is 33.0 Å². The maximum Gasteiger partial charge on any atom is 0.195 e. The third-order valence-corrected chi connectivity index (χ3v) is 5.36. The molecule has 1 heterocycles. The molecule has 0 aliphatic carbocycles. The lowest BCUT2D eigenvalue weighted by atomic mass is 10.0. The lowest BCUT2D eigenvalue weighted by Crippen LogP contribution is -2.44. The van der Waals surface area contributed by atoms with Gasteiger partial charge in [0.2, 0.25) is 0 Å². The molecule has 168 valence electrons. The van der Waals surface area contributed by atoms with Gasteiger partial charge in [0, 0.05) is 38.4 Å². The summed E-state index contributed by atoms with van der Waals surface area (Å²) in [5, 5.41) is 6.85. The van der Waals surface area contributed by atoms with Gasteiger partial charge in [-0.15, -0.1) is 0 Å². The van der Waals surface area contributed by atoms with Crippen LogP contribution < -0.4 is 20.1 Å². The van der Waals surface area contributed by atoms with Crippen molar-refractivity contribution in [3.05, 3.63) is 53.6 Å². The second-order valence-corrected chi connectivity index (χ2v) is 7.45. The van der Waals surface area contributed by atoms with E-state index in [4.69, 9.17) is 14.2 Å². The van der Waals surface area contributed by atoms with Crippen molar-refractivity contribution in [1.29, 1.82) is 0 Å². The first-order chi connectivity index (χ1) is 15.1. The van der Waals surface area contributed by atoms with Crippen LogP contribution in [0.25, 0.3) is 0 Å². The van der Waals surface area contributed by atoms with Crippen LogP contribution in [0.2, 0.25) is 0 Å². The number of methoxy groups -OCH3 is 1. The summed E-state index contributed by atoms with van der Waals surface area (Å²) in [4.78, 5) is 6.87. The summed E-state index contributed by atoms with van der Waals surface area (Å²) in [5.41, 5.74) is 3.44. The number of hydrogen-bond donors (Lipinski definition) is 2. The van der Waals surface area contributed by atoms with E-state index in [-0.39, 0.29) is 6.04 Å². The number of anilines is 1. The number of hydrogen-bond acceptors (Lipinski definition) is 5. The van der Waals surface area contributed by atoms with Crippen LogP contribution in [0.4, 0.5) is 5.69 Å². The third kappa shape index (κ3) is 6.35. The van der Waals surface area contributed by atoms with Gasteiger partial charge >= 0.3 is 0 Å². The number of aliphatic imine (C=N–C) groups is 1. The van der Waals surface area contributed by atoms with E-state index in [9.17, 15) is 0 Å². The van der Waals surface area contributed by atoms with Crippen molar-refractivity contribution in [2.45, 2.75) is 19.9 Å². The van der Waals surface area contributed by atoms with Crippen molar-refractivity contribution in [3.8, 4) is 11.5 Å². The highest BCUT2D eigenvalue weighted by molar-refractivity contribution is 5.93. The Morgan fingerprint density at radius 1 is 1.13 bits per heavy atom. The molecule has 2 N–H and O–H groups in total. The van der Waals surface area contributed by atoms with E-state index < -0.39 is 0 Å². The van der Waals surface area contributed by atoms with Gasteiger partial charge in [0.15, 0.2) is 17.5 Å². The average molecular weight is 427 g/mol. The normalized spacial score (nSPS) is 15.9. The topological polar surface area (TPSA) is 67.4 Å². The minimum absolute atomic E-state index is 0.234. The van der Waals surface area contributed by atoms with Crippen molar-refractivity contribution in [2.24, 2.45) is 4.99 Å². The van der Waals surface area contributed by atoms with E-state index in [2.05, 4.69) is 51.7 Å². The second kappa shape index (κ2) is 11.6. The molecular weight excluding hydrogens is 392 g/mol. The van der Waals surface area contributed by atoms with E-state index >= 15 is 0 Å². The van der Waals surface area contributed by atoms with Crippen LogP contribution in [0, 0.1) is 6.92 Å². The number of nitrogens with zero attached hydrogens (tertiary/aromatic N) is 2. The Hall–Kier alpha value is -2.77. The lowest BCUT2D eigenvalue weighted by Gasteiger charge is -2.35. The Balaban J connectivity index is 1.70. The predicted molar refractivity (Wildman–Crippen MR) is 125 cm³/mol. The summed E-state index contributed by atoms with van der Waals surface area (Å²) < 4.78 is 16.6. The molecule has 7 heteroatoms. The van der Waals surface area contributed by atoms with Gasteiger partial charge in [-0.2, -0.15) is 0 Å². The van der Waals surface area contributed by atoms with Crippen LogP contribution in [-0.2, 0) is 4.74 Å². The number of benzene rings is 2. The first kappa shape index (κ1) is 22.9. The molecule has 1 aliphatic heterocycles. The summed E-state index contributed by atoms with van der Waals surface area (Å²) in [6, 6.07) is 14.8. The number of ether oxygens (including phenoxy) is 3. The number of rotatable bonds is 8. The Kier molecular flexibility index (Phi) is 8.55. The van der Waals surface area contributed by atoms with Crippen molar-refractivity contribution in [1.82, 2.24) is 10.2 Å². The minimum Gasteiger partial charge on any atom is -0.493 e. The first-order valence-corrected chi connectivity index (χ1v) is 10.8. The second-order valence-electron chi connectivity index (χ2n) is 7.45. The highest BCUT2D eigenvalue weighted by Gasteiger charge is 2.23. The van der Waals surface area contributed by atoms with Crippen LogP contribution in [0.3, 0.4) is 0 Å². The number of morpholine rings is 1. The number of guanidine groups is 1. The van der Waals surface area contributed by atoms with E-state index in [1.165, 1.54) is 11.1 Å². The molecule has 0 amide bonds. The molecule has 7 nitrogen and oxygen atoms in total. The predicted octanol–water partition coefficient (Wildman–Crippen LogP) is 3.46. The van der Waals surface area contributed by atoms with Gasteiger partial charge in [-0.25, -0.2) is 0 Å². The van der Waals surface area contributed by atoms with Crippen LogP contribution in [0.15, 0.2) is 47.5 Å². The minimum atomic E-state index is 0.234.